The molecule has 0 unspecified atom stereocenters. The third-order valence-electron chi connectivity index (χ3n) is 6.17. The Kier molecular flexibility index (Phi) is 5.96. The van der Waals surface area contributed by atoms with Crippen molar-refractivity contribution < 1.29 is 9.21 Å². The van der Waals surface area contributed by atoms with Crippen molar-refractivity contribution in [3.05, 3.63) is 41.8 Å². The lowest BCUT2D eigenvalue weighted by Crippen LogP contribution is -2.45. The maximum Gasteiger partial charge on any atom is 0.237 e. The highest BCUT2D eigenvalue weighted by Gasteiger charge is 2.32. The fourth-order valence-electron chi connectivity index (χ4n) is 4.52. The van der Waals surface area contributed by atoms with Gasteiger partial charge in [-0.05, 0) is 44.7 Å². The van der Waals surface area contributed by atoms with Gasteiger partial charge in [0.1, 0.15) is 11.8 Å². The molecule has 0 bridgehead atoms. The molecule has 4 rings (SSSR count). The summed E-state index contributed by atoms with van der Waals surface area (Å²) in [5.41, 5.74) is 1.85. The van der Waals surface area contributed by atoms with Crippen LogP contribution in [-0.2, 0) is 11.3 Å². The number of aromatic nitrogens is 1. The summed E-state index contributed by atoms with van der Waals surface area (Å²) in [6.45, 7) is 3.58. The van der Waals surface area contributed by atoms with E-state index in [1.165, 1.54) is 12.8 Å². The monoisotopic (exact) mass is 392 g/mol. The first-order valence-corrected chi connectivity index (χ1v) is 10.6. The van der Waals surface area contributed by atoms with Gasteiger partial charge in [0, 0.05) is 24.7 Å². The first kappa shape index (κ1) is 19.7. The molecule has 1 saturated carbocycles. The number of oxazole rings is 1. The molecular weight excluding hydrogens is 364 g/mol. The van der Waals surface area contributed by atoms with Crippen molar-refractivity contribution in [2.24, 2.45) is 0 Å². The van der Waals surface area contributed by atoms with E-state index in [0.29, 0.717) is 31.6 Å². The molecular formula is C23H28N4O2. The smallest absolute Gasteiger partial charge is 0.237 e. The lowest BCUT2D eigenvalue weighted by atomic mass is 10.2. The normalized spacial score (nSPS) is 19.8. The number of nitrogens with zero attached hydrogens (tertiary/aromatic N) is 4. The molecule has 1 amide bonds. The standard InChI is InChI=1S/C23H28N4O2/c1-17-21(25-23(29-17)18-8-3-2-4-9-18)15-26(19-10-5-6-11-19)16-22(28)27-13-7-12-20(27)14-24/h2-4,8-9,19-20H,5-7,10-13,15-16H2,1H3/t20-/m0/s1. The van der Waals surface area contributed by atoms with Gasteiger partial charge in [0.15, 0.2) is 0 Å². The Balaban J connectivity index is 1.51. The number of amides is 1. The number of rotatable bonds is 6. The minimum Gasteiger partial charge on any atom is -0.441 e. The lowest BCUT2D eigenvalue weighted by Gasteiger charge is -2.30. The maximum atomic E-state index is 13.0. The minimum atomic E-state index is -0.272. The number of aryl methyl sites for hydroxylation is 1. The van der Waals surface area contributed by atoms with Crippen molar-refractivity contribution in [1.82, 2.24) is 14.8 Å². The van der Waals surface area contributed by atoms with Crippen LogP contribution in [0.15, 0.2) is 34.7 Å². The molecule has 1 aliphatic carbocycles. The van der Waals surface area contributed by atoms with Gasteiger partial charge in [-0.3, -0.25) is 9.69 Å². The number of hydrogen-bond acceptors (Lipinski definition) is 5. The van der Waals surface area contributed by atoms with E-state index >= 15 is 0 Å². The zero-order valence-corrected chi connectivity index (χ0v) is 17.0. The van der Waals surface area contributed by atoms with Crippen LogP contribution in [0.1, 0.15) is 50.0 Å². The average Bonchev–Trinajstić information content (AvgIpc) is 3.49. The van der Waals surface area contributed by atoms with Crippen LogP contribution in [-0.4, -0.2) is 45.9 Å². The highest BCUT2D eigenvalue weighted by atomic mass is 16.4. The summed E-state index contributed by atoms with van der Waals surface area (Å²) in [7, 11) is 0. The molecule has 0 spiro atoms. The minimum absolute atomic E-state index is 0.0605. The van der Waals surface area contributed by atoms with E-state index < -0.39 is 0 Å². The van der Waals surface area contributed by atoms with Gasteiger partial charge in [-0.2, -0.15) is 5.26 Å². The fraction of sp³-hybridized carbons (Fsp3) is 0.522. The summed E-state index contributed by atoms with van der Waals surface area (Å²) < 4.78 is 5.93. The van der Waals surface area contributed by atoms with E-state index in [2.05, 4.69) is 11.0 Å². The summed E-state index contributed by atoms with van der Waals surface area (Å²) in [4.78, 5) is 21.7. The molecule has 6 nitrogen and oxygen atoms in total. The van der Waals surface area contributed by atoms with Crippen LogP contribution in [0.25, 0.3) is 11.5 Å². The Labute approximate surface area is 172 Å². The average molecular weight is 393 g/mol. The van der Waals surface area contributed by atoms with Crippen LogP contribution in [0.2, 0.25) is 0 Å². The van der Waals surface area contributed by atoms with Gasteiger partial charge in [0.2, 0.25) is 11.8 Å². The molecule has 1 atom stereocenters. The van der Waals surface area contributed by atoms with Crippen molar-refractivity contribution in [3.8, 4) is 17.5 Å². The molecule has 0 N–H and O–H groups in total. The molecule has 2 aromatic rings. The second-order valence-electron chi connectivity index (χ2n) is 8.11. The third kappa shape index (κ3) is 4.35. The number of hydrogen-bond donors (Lipinski definition) is 0. The van der Waals surface area contributed by atoms with Gasteiger partial charge in [-0.1, -0.05) is 31.0 Å². The van der Waals surface area contributed by atoms with E-state index in [4.69, 9.17) is 9.40 Å². The Morgan fingerprint density at radius 2 is 2.00 bits per heavy atom. The molecule has 2 fully saturated rings. The van der Waals surface area contributed by atoms with E-state index in [1.54, 1.807) is 4.90 Å². The van der Waals surface area contributed by atoms with Crippen LogP contribution in [0.3, 0.4) is 0 Å². The van der Waals surface area contributed by atoms with Crippen molar-refractivity contribution in [3.63, 3.8) is 0 Å². The Morgan fingerprint density at radius 3 is 2.72 bits per heavy atom. The van der Waals surface area contributed by atoms with Gasteiger partial charge < -0.3 is 9.32 Å². The quantitative estimate of drug-likeness (QED) is 0.745. The Hall–Kier alpha value is -2.65. The first-order chi connectivity index (χ1) is 14.2. The Morgan fingerprint density at radius 1 is 1.24 bits per heavy atom. The zero-order valence-electron chi connectivity index (χ0n) is 17.0. The van der Waals surface area contributed by atoms with Crippen molar-refractivity contribution in [2.75, 3.05) is 13.1 Å². The van der Waals surface area contributed by atoms with Gasteiger partial charge >= 0.3 is 0 Å². The molecule has 1 aromatic heterocycles. The van der Waals surface area contributed by atoms with Gasteiger partial charge in [-0.15, -0.1) is 0 Å². The highest BCUT2D eigenvalue weighted by Crippen LogP contribution is 2.28. The number of carbonyl (C=O) groups is 1. The predicted molar refractivity (Wildman–Crippen MR) is 110 cm³/mol. The fourth-order valence-corrected chi connectivity index (χ4v) is 4.52. The zero-order chi connectivity index (χ0) is 20.2. The molecule has 1 aromatic carbocycles. The molecule has 1 saturated heterocycles. The van der Waals surface area contributed by atoms with Crippen LogP contribution in [0.4, 0.5) is 0 Å². The Bertz CT molecular complexity index is 880. The van der Waals surface area contributed by atoms with Crippen LogP contribution in [0, 0.1) is 18.3 Å². The lowest BCUT2D eigenvalue weighted by molar-refractivity contribution is -0.133. The molecule has 29 heavy (non-hydrogen) atoms. The van der Waals surface area contributed by atoms with Gasteiger partial charge in [0.05, 0.1) is 18.3 Å². The third-order valence-corrected chi connectivity index (χ3v) is 6.17. The summed E-state index contributed by atoms with van der Waals surface area (Å²) >= 11 is 0. The van der Waals surface area contributed by atoms with E-state index in [9.17, 15) is 10.1 Å². The number of benzene rings is 1. The number of carbonyl (C=O) groups excluding carboxylic acids is 1. The van der Waals surface area contributed by atoms with E-state index in [-0.39, 0.29) is 11.9 Å². The topological polar surface area (TPSA) is 73.4 Å². The van der Waals surface area contributed by atoms with E-state index in [0.717, 1.165) is 42.7 Å². The molecule has 152 valence electrons. The predicted octanol–water partition coefficient (Wildman–Crippen LogP) is 3.91. The second-order valence-corrected chi connectivity index (χ2v) is 8.11. The van der Waals surface area contributed by atoms with Crippen molar-refractivity contribution in [1.29, 1.82) is 5.26 Å². The van der Waals surface area contributed by atoms with Gasteiger partial charge in [-0.25, -0.2) is 4.98 Å². The SMILES string of the molecule is Cc1oc(-c2ccccc2)nc1CN(CC(=O)N1CCC[C@H]1C#N)C1CCCC1. The number of likely N-dealkylation sites (tertiary alicyclic amines) is 1. The summed E-state index contributed by atoms with van der Waals surface area (Å²) in [6, 6.07) is 12.3. The van der Waals surface area contributed by atoms with Crippen LogP contribution in [0.5, 0.6) is 0 Å². The van der Waals surface area contributed by atoms with Crippen LogP contribution >= 0.6 is 0 Å². The molecule has 6 heteroatoms. The number of nitriles is 1. The van der Waals surface area contributed by atoms with E-state index in [1.807, 2.05) is 37.3 Å². The largest absolute Gasteiger partial charge is 0.441 e. The molecule has 2 heterocycles. The first-order valence-electron chi connectivity index (χ1n) is 10.6. The van der Waals surface area contributed by atoms with Crippen molar-refractivity contribution >= 4 is 5.91 Å². The summed E-state index contributed by atoms with van der Waals surface area (Å²) in [5, 5.41) is 9.33. The second kappa shape index (κ2) is 8.79. The van der Waals surface area contributed by atoms with Crippen LogP contribution < -0.4 is 0 Å². The van der Waals surface area contributed by atoms with Crippen molar-refractivity contribution in [2.45, 2.75) is 64.1 Å². The maximum absolute atomic E-state index is 13.0. The highest BCUT2D eigenvalue weighted by molar-refractivity contribution is 5.79. The van der Waals surface area contributed by atoms with Gasteiger partial charge in [0.25, 0.3) is 0 Å². The molecule has 0 radical (unpaired) electrons. The summed E-state index contributed by atoms with van der Waals surface area (Å²) in [6.07, 6.45) is 6.32. The molecule has 1 aliphatic heterocycles. The summed E-state index contributed by atoms with van der Waals surface area (Å²) in [5.74, 6) is 1.49. The molecule has 2 aliphatic rings.